The van der Waals surface area contributed by atoms with Gasteiger partial charge in [0.05, 0.1) is 11.4 Å². The van der Waals surface area contributed by atoms with Crippen molar-refractivity contribution >= 4 is 23.0 Å². The van der Waals surface area contributed by atoms with Crippen LogP contribution in [0.2, 0.25) is 5.02 Å². The summed E-state index contributed by atoms with van der Waals surface area (Å²) in [7, 11) is 0. The molecule has 1 heterocycles. The summed E-state index contributed by atoms with van der Waals surface area (Å²) in [5, 5.41) is 4.11. The van der Waals surface area contributed by atoms with Gasteiger partial charge < -0.3 is 11.1 Å². The van der Waals surface area contributed by atoms with Gasteiger partial charge in [-0.05, 0) is 62.7 Å². The SMILES string of the molecule is C/C(C(=Nc1ccccc1)c1ccc(Cl)cc1)=C(/N)C1CCNCC1.CC. The first kappa shape index (κ1) is 21.2. The highest BCUT2D eigenvalue weighted by atomic mass is 35.5. The molecule has 0 spiro atoms. The van der Waals surface area contributed by atoms with Crippen molar-refractivity contribution in [2.24, 2.45) is 16.6 Å². The van der Waals surface area contributed by atoms with Crippen LogP contribution in [-0.4, -0.2) is 18.8 Å². The minimum Gasteiger partial charge on any atom is -0.402 e. The number of allylic oxidation sites excluding steroid dienone is 2. The molecule has 4 heteroatoms. The molecule has 144 valence electrons. The zero-order valence-corrected chi connectivity index (χ0v) is 17.3. The molecule has 0 saturated carbocycles. The summed E-state index contributed by atoms with van der Waals surface area (Å²) in [4.78, 5) is 4.89. The van der Waals surface area contributed by atoms with E-state index in [9.17, 15) is 0 Å². The molecule has 3 N–H and O–H groups in total. The van der Waals surface area contributed by atoms with E-state index in [4.69, 9.17) is 22.3 Å². The minimum absolute atomic E-state index is 0.412. The van der Waals surface area contributed by atoms with Gasteiger partial charge >= 0.3 is 0 Å². The first-order valence-electron chi connectivity index (χ1n) is 9.72. The Kier molecular flexibility index (Phi) is 8.56. The zero-order chi connectivity index (χ0) is 19.6. The van der Waals surface area contributed by atoms with Gasteiger partial charge in [-0.15, -0.1) is 0 Å². The third-order valence-electron chi connectivity index (χ3n) is 4.68. The number of para-hydroxylation sites is 1. The fraction of sp³-hybridized carbons (Fsp3) is 0.348. The Morgan fingerprint density at radius 1 is 1.00 bits per heavy atom. The second kappa shape index (κ2) is 10.9. The Hall–Kier alpha value is -2.10. The van der Waals surface area contributed by atoms with Gasteiger partial charge in [0.25, 0.3) is 0 Å². The maximum Gasteiger partial charge on any atom is 0.0755 e. The van der Waals surface area contributed by atoms with Gasteiger partial charge in [-0.2, -0.15) is 0 Å². The number of nitrogens with zero attached hydrogens (tertiary/aromatic N) is 1. The number of halogens is 1. The number of rotatable bonds is 4. The zero-order valence-electron chi connectivity index (χ0n) is 16.5. The molecule has 0 atom stereocenters. The molecule has 3 nitrogen and oxygen atoms in total. The van der Waals surface area contributed by atoms with Crippen LogP contribution >= 0.6 is 11.6 Å². The molecule has 0 aromatic heterocycles. The van der Waals surface area contributed by atoms with Crippen molar-refractivity contribution in [2.45, 2.75) is 33.6 Å². The van der Waals surface area contributed by atoms with Crippen LogP contribution in [0.1, 0.15) is 39.2 Å². The number of aliphatic imine (C=N–C) groups is 1. The van der Waals surface area contributed by atoms with E-state index >= 15 is 0 Å². The van der Waals surface area contributed by atoms with Crippen molar-refractivity contribution in [1.29, 1.82) is 0 Å². The van der Waals surface area contributed by atoms with Crippen LogP contribution in [0.25, 0.3) is 0 Å². The predicted molar refractivity (Wildman–Crippen MR) is 118 cm³/mol. The Labute approximate surface area is 168 Å². The maximum atomic E-state index is 6.56. The van der Waals surface area contributed by atoms with E-state index in [0.717, 1.165) is 59.2 Å². The molecule has 1 saturated heterocycles. The summed E-state index contributed by atoms with van der Waals surface area (Å²) in [6.45, 7) is 8.11. The summed E-state index contributed by atoms with van der Waals surface area (Å²) in [5.41, 5.74) is 11.4. The maximum absolute atomic E-state index is 6.56. The summed E-state index contributed by atoms with van der Waals surface area (Å²) in [6.07, 6.45) is 2.14. The summed E-state index contributed by atoms with van der Waals surface area (Å²) in [6, 6.07) is 17.8. The predicted octanol–water partition coefficient (Wildman–Crippen LogP) is 5.72. The number of nitrogens with one attached hydrogen (secondary N) is 1. The molecule has 0 amide bonds. The normalized spacial score (nSPS) is 16.2. The molecule has 3 rings (SSSR count). The standard InChI is InChI=1S/C21H24ClN3.C2H6/c1-15(20(23)16-11-13-24-14-12-16)21(17-7-9-18(22)10-8-17)25-19-5-3-2-4-6-19;1-2/h2-10,16,24H,11-14,23H2,1H3;1-2H3/b20-15-,25-21?;. The topological polar surface area (TPSA) is 50.4 Å². The van der Waals surface area contributed by atoms with Crippen LogP contribution in [0.15, 0.2) is 70.9 Å². The van der Waals surface area contributed by atoms with Gasteiger partial charge in [0.1, 0.15) is 0 Å². The summed E-state index contributed by atoms with van der Waals surface area (Å²) >= 11 is 6.06. The van der Waals surface area contributed by atoms with E-state index < -0.39 is 0 Å². The lowest BCUT2D eigenvalue weighted by Crippen LogP contribution is -2.31. The Balaban J connectivity index is 0.00000126. The highest BCUT2D eigenvalue weighted by Crippen LogP contribution is 2.25. The van der Waals surface area contributed by atoms with Crippen LogP contribution in [-0.2, 0) is 0 Å². The molecule has 27 heavy (non-hydrogen) atoms. The van der Waals surface area contributed by atoms with E-state index in [0.29, 0.717) is 5.92 Å². The third-order valence-corrected chi connectivity index (χ3v) is 4.93. The average molecular weight is 384 g/mol. The number of piperidine rings is 1. The molecule has 2 aromatic rings. The molecule has 1 fully saturated rings. The molecule has 0 radical (unpaired) electrons. The lowest BCUT2D eigenvalue weighted by atomic mass is 9.89. The number of hydrogen-bond acceptors (Lipinski definition) is 3. The van der Waals surface area contributed by atoms with Crippen molar-refractivity contribution in [1.82, 2.24) is 5.32 Å². The lowest BCUT2D eigenvalue weighted by Gasteiger charge is -2.25. The van der Waals surface area contributed by atoms with E-state index in [1.54, 1.807) is 0 Å². The van der Waals surface area contributed by atoms with Gasteiger partial charge in [-0.1, -0.05) is 55.8 Å². The lowest BCUT2D eigenvalue weighted by molar-refractivity contribution is 0.416. The van der Waals surface area contributed by atoms with Crippen molar-refractivity contribution < 1.29 is 0 Å². The van der Waals surface area contributed by atoms with E-state index in [1.807, 2.05) is 68.4 Å². The fourth-order valence-electron chi connectivity index (χ4n) is 3.18. The molecule has 1 aliphatic rings. The Bertz CT molecular complexity index is 758. The highest BCUT2D eigenvalue weighted by Gasteiger charge is 2.20. The number of benzene rings is 2. The van der Waals surface area contributed by atoms with Crippen molar-refractivity contribution in [3.05, 3.63) is 76.5 Å². The largest absolute Gasteiger partial charge is 0.402 e. The van der Waals surface area contributed by atoms with Crippen molar-refractivity contribution in [3.63, 3.8) is 0 Å². The fourth-order valence-corrected chi connectivity index (χ4v) is 3.31. The first-order valence-corrected chi connectivity index (χ1v) is 10.1. The molecular formula is C23H30ClN3. The van der Waals surface area contributed by atoms with Gasteiger partial charge in [-0.3, -0.25) is 0 Å². The van der Waals surface area contributed by atoms with Crippen LogP contribution < -0.4 is 11.1 Å². The van der Waals surface area contributed by atoms with Crippen LogP contribution in [0.4, 0.5) is 5.69 Å². The third kappa shape index (κ3) is 5.95. The van der Waals surface area contributed by atoms with Gasteiger partial charge in [-0.25, -0.2) is 4.99 Å². The quantitative estimate of drug-likeness (QED) is 0.663. The van der Waals surface area contributed by atoms with E-state index in [2.05, 4.69) is 12.2 Å². The van der Waals surface area contributed by atoms with E-state index in [-0.39, 0.29) is 0 Å². The molecule has 0 unspecified atom stereocenters. The summed E-state index contributed by atoms with van der Waals surface area (Å²) in [5.74, 6) is 0.412. The van der Waals surface area contributed by atoms with Gasteiger partial charge in [0, 0.05) is 22.2 Å². The van der Waals surface area contributed by atoms with Gasteiger partial charge in [0.2, 0.25) is 0 Å². The van der Waals surface area contributed by atoms with Crippen LogP contribution in [0.5, 0.6) is 0 Å². The smallest absolute Gasteiger partial charge is 0.0755 e. The molecular weight excluding hydrogens is 354 g/mol. The minimum atomic E-state index is 0.412. The molecule has 1 aliphatic heterocycles. The average Bonchev–Trinajstić information content (AvgIpc) is 2.74. The van der Waals surface area contributed by atoms with Gasteiger partial charge in [0.15, 0.2) is 0 Å². The van der Waals surface area contributed by atoms with Crippen molar-refractivity contribution in [2.75, 3.05) is 13.1 Å². The molecule has 0 aliphatic carbocycles. The first-order chi connectivity index (χ1) is 13.1. The van der Waals surface area contributed by atoms with Crippen LogP contribution in [0, 0.1) is 5.92 Å². The number of hydrogen-bond donors (Lipinski definition) is 2. The second-order valence-electron chi connectivity index (χ2n) is 6.41. The van der Waals surface area contributed by atoms with E-state index in [1.165, 1.54) is 0 Å². The monoisotopic (exact) mass is 383 g/mol. The second-order valence-corrected chi connectivity index (χ2v) is 6.84. The highest BCUT2D eigenvalue weighted by molar-refractivity contribution is 6.30. The Morgan fingerprint density at radius 3 is 2.19 bits per heavy atom. The number of nitrogens with two attached hydrogens (primary N) is 1. The molecule has 0 bridgehead atoms. The Morgan fingerprint density at radius 2 is 1.59 bits per heavy atom. The molecule has 2 aromatic carbocycles. The summed E-state index contributed by atoms with van der Waals surface area (Å²) < 4.78 is 0. The van der Waals surface area contributed by atoms with Crippen molar-refractivity contribution in [3.8, 4) is 0 Å². The van der Waals surface area contributed by atoms with Crippen LogP contribution in [0.3, 0.4) is 0 Å².